The largest absolute Gasteiger partial charge is 0.465 e. The van der Waals surface area contributed by atoms with E-state index in [1.807, 2.05) is 0 Å². The topological polar surface area (TPSA) is 120 Å². The molecule has 0 bridgehead atoms. The van der Waals surface area contributed by atoms with Crippen LogP contribution < -0.4 is 10.6 Å². The number of rotatable bonds is 3. The minimum atomic E-state index is -0.915. The van der Waals surface area contributed by atoms with Crippen LogP contribution in [-0.2, 0) is 4.84 Å². The van der Waals surface area contributed by atoms with Crippen LogP contribution in [0.5, 0.6) is 0 Å². The lowest BCUT2D eigenvalue weighted by Gasteiger charge is -2.31. The molecular formula is C18H22F2N6O3. The summed E-state index contributed by atoms with van der Waals surface area (Å²) in [5.74, 6) is -1.26. The highest BCUT2D eigenvalue weighted by molar-refractivity contribution is 5.92. The van der Waals surface area contributed by atoms with Crippen LogP contribution in [-0.4, -0.2) is 64.3 Å². The number of likely N-dealkylation sites (tertiary alicyclic amines) is 1. The summed E-state index contributed by atoms with van der Waals surface area (Å²) in [6, 6.07) is 1.15. The molecule has 0 spiro atoms. The van der Waals surface area contributed by atoms with Gasteiger partial charge in [0.1, 0.15) is 17.4 Å². The molecule has 2 aliphatic heterocycles. The smallest absolute Gasteiger partial charge is 0.407 e. The number of fused-ring (bicyclic) bond motifs is 1. The highest BCUT2D eigenvalue weighted by Gasteiger charge is 2.25. The first kappa shape index (κ1) is 19.2. The van der Waals surface area contributed by atoms with Crippen LogP contribution in [0, 0.1) is 11.6 Å². The average molecular weight is 408 g/mol. The Balaban J connectivity index is 1.36. The standard InChI is InChI=1S/C18H22F2N6O3/c19-12-9-13(15(20)16-14(12)17(21)23-22-16)25-5-1-10(2-6-25)24-29-11-3-7-26(8-4-11)18(27)28/h9,11H,1-8H2,(H,27,28)(H3,21,22,23). The Kier molecular flexibility index (Phi) is 5.12. The normalized spacial score (nSPS) is 18.3. The van der Waals surface area contributed by atoms with Crippen LogP contribution in [0.3, 0.4) is 0 Å². The number of nitrogens with one attached hydrogen (secondary N) is 1. The van der Waals surface area contributed by atoms with Gasteiger partial charge in [0.2, 0.25) is 0 Å². The fourth-order valence-electron chi connectivity index (χ4n) is 3.77. The third kappa shape index (κ3) is 3.76. The molecule has 29 heavy (non-hydrogen) atoms. The van der Waals surface area contributed by atoms with Crippen molar-refractivity contribution in [1.82, 2.24) is 15.1 Å². The number of benzene rings is 1. The van der Waals surface area contributed by atoms with E-state index in [-0.39, 0.29) is 28.5 Å². The molecule has 0 atom stereocenters. The minimum Gasteiger partial charge on any atom is -0.465 e. The number of nitrogens with zero attached hydrogens (tertiary/aromatic N) is 4. The van der Waals surface area contributed by atoms with Gasteiger partial charge in [0.25, 0.3) is 0 Å². The Bertz CT molecular complexity index is 945. The molecule has 4 rings (SSSR count). The number of aromatic nitrogens is 2. The monoisotopic (exact) mass is 408 g/mol. The molecule has 2 saturated heterocycles. The van der Waals surface area contributed by atoms with E-state index in [0.29, 0.717) is 51.9 Å². The highest BCUT2D eigenvalue weighted by Crippen LogP contribution is 2.32. The summed E-state index contributed by atoms with van der Waals surface area (Å²) >= 11 is 0. The molecule has 1 aromatic heterocycles. The average Bonchev–Trinajstić information content (AvgIpc) is 3.12. The van der Waals surface area contributed by atoms with Gasteiger partial charge in [-0.05, 0) is 0 Å². The van der Waals surface area contributed by atoms with E-state index in [1.54, 1.807) is 4.90 Å². The first-order chi connectivity index (χ1) is 13.9. The number of amides is 1. The number of hydrogen-bond donors (Lipinski definition) is 3. The summed E-state index contributed by atoms with van der Waals surface area (Å²) in [4.78, 5) is 19.6. The Morgan fingerprint density at radius 2 is 1.97 bits per heavy atom. The lowest BCUT2D eigenvalue weighted by molar-refractivity contribution is 0.0127. The number of halogens is 2. The molecule has 11 heteroatoms. The number of H-pyrrole nitrogens is 1. The highest BCUT2D eigenvalue weighted by atomic mass is 19.1. The van der Waals surface area contributed by atoms with Crippen molar-refractivity contribution < 1.29 is 23.5 Å². The van der Waals surface area contributed by atoms with Gasteiger partial charge in [-0.2, -0.15) is 5.10 Å². The second-order valence-electron chi connectivity index (χ2n) is 7.27. The fourth-order valence-corrected chi connectivity index (χ4v) is 3.77. The van der Waals surface area contributed by atoms with Crippen LogP contribution in [0.4, 0.5) is 25.1 Å². The van der Waals surface area contributed by atoms with E-state index in [9.17, 15) is 13.6 Å². The van der Waals surface area contributed by atoms with Gasteiger partial charge in [-0.15, -0.1) is 0 Å². The number of anilines is 2. The summed E-state index contributed by atoms with van der Waals surface area (Å²) in [5, 5.41) is 19.3. The predicted molar refractivity (Wildman–Crippen MR) is 103 cm³/mol. The SMILES string of the molecule is Nc1n[nH]c2c(F)c(N3CCC(=NOC4CCN(C(=O)O)CC4)CC3)cc(F)c12. The molecule has 9 nitrogen and oxygen atoms in total. The first-order valence-electron chi connectivity index (χ1n) is 9.50. The lowest BCUT2D eigenvalue weighted by atomic mass is 10.1. The molecule has 4 N–H and O–H groups in total. The van der Waals surface area contributed by atoms with Gasteiger partial charge in [0.15, 0.2) is 11.6 Å². The van der Waals surface area contributed by atoms with Crippen LogP contribution >= 0.6 is 0 Å². The number of nitrogens with two attached hydrogens (primary N) is 1. The number of nitrogen functional groups attached to an aromatic ring is 1. The zero-order chi connectivity index (χ0) is 20.5. The molecule has 1 aromatic carbocycles. The first-order valence-corrected chi connectivity index (χ1v) is 9.50. The number of carbonyl (C=O) groups is 1. The zero-order valence-electron chi connectivity index (χ0n) is 15.7. The summed E-state index contributed by atoms with van der Waals surface area (Å²) in [7, 11) is 0. The molecule has 0 saturated carbocycles. The molecule has 3 heterocycles. The van der Waals surface area contributed by atoms with Crippen molar-refractivity contribution in [2.45, 2.75) is 31.8 Å². The van der Waals surface area contributed by atoms with E-state index in [0.717, 1.165) is 11.8 Å². The number of hydrogen-bond acceptors (Lipinski definition) is 6. The molecule has 0 unspecified atom stereocenters. The van der Waals surface area contributed by atoms with Gasteiger partial charge >= 0.3 is 6.09 Å². The molecule has 0 radical (unpaired) electrons. The van der Waals surface area contributed by atoms with Crippen molar-refractivity contribution in [3.63, 3.8) is 0 Å². The van der Waals surface area contributed by atoms with E-state index >= 15 is 0 Å². The summed E-state index contributed by atoms with van der Waals surface area (Å²) in [5.41, 5.74) is 6.57. The van der Waals surface area contributed by atoms with Crippen molar-refractivity contribution in [1.29, 1.82) is 0 Å². The van der Waals surface area contributed by atoms with Crippen molar-refractivity contribution in [2.24, 2.45) is 5.16 Å². The van der Waals surface area contributed by atoms with E-state index in [2.05, 4.69) is 15.4 Å². The minimum absolute atomic E-state index is 0.0343. The van der Waals surface area contributed by atoms with Gasteiger partial charge in [-0.25, -0.2) is 13.6 Å². The van der Waals surface area contributed by atoms with Gasteiger partial charge in [0, 0.05) is 57.9 Å². The molecule has 0 aliphatic carbocycles. The molecule has 2 aromatic rings. The maximum Gasteiger partial charge on any atom is 0.407 e. The van der Waals surface area contributed by atoms with E-state index in [4.69, 9.17) is 15.7 Å². The van der Waals surface area contributed by atoms with Crippen molar-refractivity contribution in [3.05, 3.63) is 17.7 Å². The van der Waals surface area contributed by atoms with Crippen LogP contribution in [0.1, 0.15) is 25.7 Å². The third-order valence-electron chi connectivity index (χ3n) is 5.47. The summed E-state index contributed by atoms with van der Waals surface area (Å²) < 4.78 is 29.1. The molecule has 2 fully saturated rings. The number of aromatic amines is 1. The summed E-state index contributed by atoms with van der Waals surface area (Å²) in [6.07, 6.45) is 1.33. The number of oxime groups is 1. The van der Waals surface area contributed by atoms with Crippen molar-refractivity contribution in [3.8, 4) is 0 Å². The fraction of sp³-hybridized carbons (Fsp3) is 0.500. The Hall–Kier alpha value is -3.11. The van der Waals surface area contributed by atoms with Gasteiger partial charge in [-0.3, -0.25) is 5.10 Å². The van der Waals surface area contributed by atoms with Crippen LogP contribution in [0.25, 0.3) is 10.9 Å². The van der Waals surface area contributed by atoms with Gasteiger partial charge in [0.05, 0.1) is 16.8 Å². The number of carboxylic acid groups (broad SMARTS) is 1. The van der Waals surface area contributed by atoms with E-state index in [1.165, 1.54) is 4.90 Å². The zero-order valence-corrected chi connectivity index (χ0v) is 15.7. The van der Waals surface area contributed by atoms with Crippen LogP contribution in [0.15, 0.2) is 11.2 Å². The molecule has 2 aliphatic rings. The van der Waals surface area contributed by atoms with Gasteiger partial charge < -0.3 is 25.5 Å². The molecule has 1 amide bonds. The maximum atomic E-state index is 14.8. The van der Waals surface area contributed by atoms with Gasteiger partial charge in [-0.1, -0.05) is 5.16 Å². The number of piperidine rings is 2. The Morgan fingerprint density at radius 3 is 2.62 bits per heavy atom. The van der Waals surface area contributed by atoms with Crippen LogP contribution in [0.2, 0.25) is 0 Å². The Morgan fingerprint density at radius 1 is 1.28 bits per heavy atom. The lowest BCUT2D eigenvalue weighted by Crippen LogP contribution is -2.40. The molecular weight excluding hydrogens is 386 g/mol. The molecule has 156 valence electrons. The maximum absolute atomic E-state index is 14.8. The van der Waals surface area contributed by atoms with Crippen molar-refractivity contribution in [2.75, 3.05) is 36.8 Å². The predicted octanol–water partition coefficient (Wildman–Crippen LogP) is 2.54. The summed E-state index contributed by atoms with van der Waals surface area (Å²) in [6.45, 7) is 1.82. The second-order valence-corrected chi connectivity index (χ2v) is 7.27. The second kappa shape index (κ2) is 7.72. The quantitative estimate of drug-likeness (QED) is 0.672. The Labute approximate surface area is 165 Å². The van der Waals surface area contributed by atoms with Crippen molar-refractivity contribution >= 4 is 34.2 Å². The third-order valence-corrected chi connectivity index (χ3v) is 5.47. The van der Waals surface area contributed by atoms with E-state index < -0.39 is 17.7 Å².